The zero-order valence-corrected chi connectivity index (χ0v) is 9.61. The molecular weight excluding hydrogens is 232 g/mol. The van der Waals surface area contributed by atoms with Crippen molar-refractivity contribution < 1.29 is 8.78 Å². The largest absolute Gasteiger partial charge is 0.310 e. The van der Waals surface area contributed by atoms with E-state index >= 15 is 0 Å². The Morgan fingerprint density at radius 1 is 1.31 bits per heavy atom. The van der Waals surface area contributed by atoms with Crippen LogP contribution < -0.4 is 5.32 Å². The van der Waals surface area contributed by atoms with Gasteiger partial charge in [0.15, 0.2) is 0 Å². The molecule has 16 heavy (non-hydrogen) atoms. The van der Waals surface area contributed by atoms with Crippen LogP contribution in [-0.2, 0) is 0 Å². The first-order chi connectivity index (χ1) is 7.68. The summed E-state index contributed by atoms with van der Waals surface area (Å²) in [6, 6.07) is 4.64. The van der Waals surface area contributed by atoms with Crippen molar-refractivity contribution in [1.29, 1.82) is 0 Å². The van der Waals surface area contributed by atoms with Gasteiger partial charge in [0, 0.05) is 16.6 Å². The summed E-state index contributed by atoms with van der Waals surface area (Å²) in [4.78, 5) is 0. The van der Waals surface area contributed by atoms with Crippen molar-refractivity contribution in [1.82, 2.24) is 5.32 Å². The van der Waals surface area contributed by atoms with Gasteiger partial charge >= 0.3 is 0 Å². The van der Waals surface area contributed by atoms with Crippen LogP contribution in [-0.4, -0.2) is 6.54 Å². The number of benzene rings is 1. The molecule has 0 amide bonds. The smallest absolute Gasteiger partial charge is 0.264 e. The Bertz CT molecular complexity index is 362. The highest BCUT2D eigenvalue weighted by molar-refractivity contribution is 6.30. The lowest BCUT2D eigenvalue weighted by Crippen LogP contribution is -2.27. The van der Waals surface area contributed by atoms with Crippen LogP contribution in [0.5, 0.6) is 0 Å². The maximum absolute atomic E-state index is 12.8. The molecule has 1 aromatic rings. The lowest BCUT2D eigenvalue weighted by atomic mass is 9.94. The highest BCUT2D eigenvalue weighted by Gasteiger charge is 2.21. The second-order valence-corrected chi connectivity index (χ2v) is 4.51. The number of halogens is 3. The van der Waals surface area contributed by atoms with E-state index in [0.717, 1.165) is 25.8 Å². The fourth-order valence-corrected chi connectivity index (χ4v) is 2.34. The summed E-state index contributed by atoms with van der Waals surface area (Å²) in [6.45, 7) is 0.889. The molecule has 1 saturated heterocycles. The Balaban J connectivity index is 2.32. The molecule has 4 heteroatoms. The molecule has 0 aliphatic carbocycles. The van der Waals surface area contributed by atoms with Crippen molar-refractivity contribution in [2.24, 2.45) is 0 Å². The van der Waals surface area contributed by atoms with Gasteiger partial charge in [-0.25, -0.2) is 8.78 Å². The molecule has 1 fully saturated rings. The van der Waals surface area contributed by atoms with Crippen LogP contribution in [0.3, 0.4) is 0 Å². The summed E-state index contributed by atoms with van der Waals surface area (Å²) in [5.74, 6) is 0. The van der Waals surface area contributed by atoms with Crippen molar-refractivity contribution in [2.45, 2.75) is 31.7 Å². The van der Waals surface area contributed by atoms with Crippen molar-refractivity contribution in [3.8, 4) is 0 Å². The molecule has 0 bridgehead atoms. The Labute approximate surface area is 98.8 Å². The summed E-state index contributed by atoms with van der Waals surface area (Å²) in [5.41, 5.74) is 0.756. The first kappa shape index (κ1) is 11.8. The van der Waals surface area contributed by atoms with E-state index in [1.165, 1.54) is 12.1 Å². The maximum atomic E-state index is 12.8. The van der Waals surface area contributed by atoms with E-state index in [0.29, 0.717) is 10.6 Å². The van der Waals surface area contributed by atoms with Crippen molar-refractivity contribution in [3.63, 3.8) is 0 Å². The van der Waals surface area contributed by atoms with Gasteiger partial charge in [-0.1, -0.05) is 24.1 Å². The lowest BCUT2D eigenvalue weighted by molar-refractivity contribution is 0.149. The van der Waals surface area contributed by atoms with Crippen molar-refractivity contribution >= 4 is 11.6 Å². The molecule has 2 rings (SSSR count). The second-order valence-electron chi connectivity index (χ2n) is 4.08. The molecule has 1 N–H and O–H groups in total. The molecule has 1 aromatic carbocycles. The predicted molar refractivity (Wildman–Crippen MR) is 61.0 cm³/mol. The normalized spacial score (nSPS) is 21.4. The van der Waals surface area contributed by atoms with Gasteiger partial charge in [-0.3, -0.25) is 0 Å². The average molecular weight is 246 g/mol. The van der Waals surface area contributed by atoms with E-state index in [4.69, 9.17) is 11.6 Å². The highest BCUT2D eigenvalue weighted by atomic mass is 35.5. The predicted octanol–water partition coefficient (Wildman–Crippen LogP) is 4.09. The van der Waals surface area contributed by atoms with Crippen LogP contribution in [0.15, 0.2) is 18.2 Å². The second kappa shape index (κ2) is 5.11. The highest BCUT2D eigenvalue weighted by Crippen LogP contribution is 2.33. The van der Waals surface area contributed by atoms with Gasteiger partial charge < -0.3 is 5.32 Å². The number of rotatable bonds is 2. The van der Waals surface area contributed by atoms with Gasteiger partial charge in [0.2, 0.25) is 0 Å². The van der Waals surface area contributed by atoms with Gasteiger partial charge in [0.1, 0.15) is 0 Å². The van der Waals surface area contributed by atoms with E-state index in [9.17, 15) is 8.78 Å². The average Bonchev–Trinajstić information content (AvgIpc) is 2.29. The molecule has 0 spiro atoms. The Morgan fingerprint density at radius 3 is 2.75 bits per heavy atom. The van der Waals surface area contributed by atoms with Crippen molar-refractivity contribution in [2.75, 3.05) is 6.54 Å². The van der Waals surface area contributed by atoms with Crippen LogP contribution in [0.2, 0.25) is 5.02 Å². The van der Waals surface area contributed by atoms with Gasteiger partial charge in [0.25, 0.3) is 6.43 Å². The lowest BCUT2D eigenvalue weighted by Gasteiger charge is -2.26. The summed E-state index contributed by atoms with van der Waals surface area (Å²) in [5, 5.41) is 3.79. The monoisotopic (exact) mass is 245 g/mol. The first-order valence-corrected chi connectivity index (χ1v) is 5.87. The molecule has 1 aliphatic rings. The fourth-order valence-electron chi connectivity index (χ4n) is 2.16. The third-order valence-corrected chi connectivity index (χ3v) is 3.20. The zero-order chi connectivity index (χ0) is 11.5. The van der Waals surface area contributed by atoms with Crippen LogP contribution in [0, 0.1) is 0 Å². The van der Waals surface area contributed by atoms with Crippen LogP contribution in [0.1, 0.15) is 42.9 Å². The van der Waals surface area contributed by atoms with E-state index in [2.05, 4.69) is 5.32 Å². The van der Waals surface area contributed by atoms with E-state index in [-0.39, 0.29) is 11.6 Å². The third kappa shape index (κ3) is 2.53. The molecule has 0 saturated carbocycles. The number of hydrogen-bond acceptors (Lipinski definition) is 1. The molecule has 1 aliphatic heterocycles. The topological polar surface area (TPSA) is 12.0 Å². The maximum Gasteiger partial charge on any atom is 0.264 e. The summed E-state index contributed by atoms with van der Waals surface area (Å²) in [7, 11) is 0. The van der Waals surface area contributed by atoms with Gasteiger partial charge in [0.05, 0.1) is 0 Å². The molecule has 1 unspecified atom stereocenters. The minimum Gasteiger partial charge on any atom is -0.310 e. The molecule has 0 radical (unpaired) electrons. The number of alkyl halides is 2. The molecule has 1 atom stereocenters. The Kier molecular flexibility index (Phi) is 3.77. The summed E-state index contributed by atoms with van der Waals surface area (Å²) >= 11 is 5.87. The molecule has 1 nitrogen and oxygen atoms in total. The molecule has 88 valence electrons. The number of piperidine rings is 1. The minimum atomic E-state index is -2.43. The summed E-state index contributed by atoms with van der Waals surface area (Å²) in [6.07, 6.45) is 0.657. The number of hydrogen-bond donors (Lipinski definition) is 1. The van der Waals surface area contributed by atoms with Crippen LogP contribution >= 0.6 is 11.6 Å². The number of nitrogens with one attached hydrogen (secondary N) is 1. The van der Waals surface area contributed by atoms with E-state index < -0.39 is 6.43 Å². The van der Waals surface area contributed by atoms with Crippen LogP contribution in [0.4, 0.5) is 8.78 Å². The van der Waals surface area contributed by atoms with Crippen molar-refractivity contribution in [3.05, 3.63) is 34.3 Å². The Morgan fingerprint density at radius 2 is 2.12 bits per heavy atom. The fraction of sp³-hybridized carbons (Fsp3) is 0.500. The van der Waals surface area contributed by atoms with Crippen LogP contribution in [0.25, 0.3) is 0 Å². The quantitative estimate of drug-likeness (QED) is 0.828. The first-order valence-electron chi connectivity index (χ1n) is 5.49. The standard InChI is InChI=1S/C12H14ClF2N/c13-8-4-5-9(12(14)15)10(7-8)11-3-1-2-6-16-11/h4-5,7,11-12,16H,1-3,6H2. The van der Waals surface area contributed by atoms with Gasteiger partial charge in [-0.05, 0) is 37.1 Å². The SMILES string of the molecule is FC(F)c1ccc(Cl)cc1C1CCCCN1. The zero-order valence-electron chi connectivity index (χ0n) is 8.85. The van der Waals surface area contributed by atoms with E-state index in [1.54, 1.807) is 6.07 Å². The summed E-state index contributed by atoms with van der Waals surface area (Å²) < 4.78 is 25.7. The Hall–Kier alpha value is -0.670. The van der Waals surface area contributed by atoms with Gasteiger partial charge in [-0.2, -0.15) is 0 Å². The molecule has 0 aromatic heterocycles. The van der Waals surface area contributed by atoms with Gasteiger partial charge in [-0.15, -0.1) is 0 Å². The van der Waals surface area contributed by atoms with E-state index in [1.807, 2.05) is 0 Å². The molecule has 1 heterocycles. The molecular formula is C12H14ClF2N. The third-order valence-electron chi connectivity index (χ3n) is 2.97. The minimum absolute atomic E-state index is 0.0245.